The van der Waals surface area contributed by atoms with Crippen molar-refractivity contribution in [3.63, 3.8) is 0 Å². The molecule has 1 fully saturated rings. The van der Waals surface area contributed by atoms with Gasteiger partial charge in [0.05, 0.1) is 23.3 Å². The molecule has 0 bridgehead atoms. The molecule has 10 heteroatoms. The zero-order chi connectivity index (χ0) is 21.1. The van der Waals surface area contributed by atoms with E-state index in [0.29, 0.717) is 28.1 Å². The van der Waals surface area contributed by atoms with E-state index >= 15 is 0 Å². The summed E-state index contributed by atoms with van der Waals surface area (Å²) in [5.41, 5.74) is 1.54. The summed E-state index contributed by atoms with van der Waals surface area (Å²) < 4.78 is 23.9. The number of para-hydroxylation sites is 1. The fourth-order valence-corrected chi connectivity index (χ4v) is 5.85. The zero-order valence-electron chi connectivity index (χ0n) is 15.9. The number of aromatic nitrogens is 3. The molecule has 2 heterocycles. The Morgan fingerprint density at radius 3 is 2.57 bits per heavy atom. The van der Waals surface area contributed by atoms with Gasteiger partial charge < -0.3 is 4.90 Å². The number of nitrogens with zero attached hydrogens (tertiary/aromatic N) is 3. The van der Waals surface area contributed by atoms with Gasteiger partial charge in [-0.05, 0) is 42.8 Å². The van der Waals surface area contributed by atoms with Crippen LogP contribution in [0.4, 0.5) is 5.69 Å². The monoisotopic (exact) mass is 462 g/mol. The molecule has 0 aliphatic carbocycles. The van der Waals surface area contributed by atoms with E-state index in [1.807, 2.05) is 42.5 Å². The van der Waals surface area contributed by atoms with Crippen molar-refractivity contribution in [1.82, 2.24) is 15.2 Å². The van der Waals surface area contributed by atoms with Crippen molar-refractivity contribution >= 4 is 44.8 Å². The number of hydrogen-bond acceptors (Lipinski definition) is 6. The Bertz CT molecular complexity index is 1130. The van der Waals surface area contributed by atoms with Gasteiger partial charge in [-0.15, -0.1) is 5.10 Å². The molecular formula is C20H19ClN4O3S2. The van der Waals surface area contributed by atoms with Gasteiger partial charge in [0.15, 0.2) is 15.7 Å². The van der Waals surface area contributed by atoms with E-state index in [4.69, 9.17) is 11.6 Å². The van der Waals surface area contributed by atoms with Gasteiger partial charge in [0.2, 0.25) is 11.1 Å². The highest BCUT2D eigenvalue weighted by Gasteiger charge is 2.35. The molecule has 7 nitrogen and oxygen atoms in total. The third-order valence-electron chi connectivity index (χ3n) is 4.78. The van der Waals surface area contributed by atoms with Crippen molar-refractivity contribution in [2.45, 2.75) is 17.6 Å². The van der Waals surface area contributed by atoms with Crippen LogP contribution in [0.5, 0.6) is 0 Å². The summed E-state index contributed by atoms with van der Waals surface area (Å²) in [5.74, 6) is 0.602. The fourth-order valence-electron chi connectivity index (χ4n) is 3.37. The minimum absolute atomic E-state index is 0.0142. The molecule has 1 aliphatic heterocycles. The number of amides is 1. The van der Waals surface area contributed by atoms with Gasteiger partial charge >= 0.3 is 0 Å². The van der Waals surface area contributed by atoms with Gasteiger partial charge in [-0.1, -0.05) is 41.6 Å². The van der Waals surface area contributed by atoms with Crippen LogP contribution in [0.1, 0.15) is 6.42 Å². The second-order valence-electron chi connectivity index (χ2n) is 6.92. The number of sulfone groups is 1. The summed E-state index contributed by atoms with van der Waals surface area (Å²) >= 11 is 7.12. The lowest BCUT2D eigenvalue weighted by Gasteiger charge is -2.28. The van der Waals surface area contributed by atoms with Crippen LogP contribution in [0.3, 0.4) is 0 Å². The van der Waals surface area contributed by atoms with Crippen LogP contribution in [0.2, 0.25) is 5.02 Å². The maximum absolute atomic E-state index is 13.1. The number of aromatic amines is 1. The largest absolute Gasteiger partial charge is 0.308 e. The molecule has 1 aliphatic rings. The molecule has 0 radical (unpaired) electrons. The Kier molecular flexibility index (Phi) is 6.12. The molecule has 2 aromatic carbocycles. The number of carbonyl (C=O) groups excluding carboxylic acids is 1. The maximum Gasteiger partial charge on any atom is 0.237 e. The van der Waals surface area contributed by atoms with Crippen LogP contribution >= 0.6 is 23.4 Å². The molecule has 3 aromatic rings. The predicted molar refractivity (Wildman–Crippen MR) is 119 cm³/mol. The second-order valence-corrected chi connectivity index (χ2v) is 10.5. The highest BCUT2D eigenvalue weighted by molar-refractivity contribution is 7.99. The molecule has 4 rings (SSSR count). The maximum atomic E-state index is 13.1. The summed E-state index contributed by atoms with van der Waals surface area (Å²) in [6, 6.07) is 16.0. The van der Waals surface area contributed by atoms with Crippen LogP contribution in [0.25, 0.3) is 11.4 Å². The lowest BCUT2D eigenvalue weighted by Crippen LogP contribution is -2.42. The molecule has 0 saturated carbocycles. The normalized spacial score (nSPS) is 17.7. The first-order valence-electron chi connectivity index (χ1n) is 9.30. The minimum Gasteiger partial charge on any atom is -0.308 e. The van der Waals surface area contributed by atoms with E-state index in [-0.39, 0.29) is 29.2 Å². The van der Waals surface area contributed by atoms with Crippen LogP contribution in [-0.2, 0) is 14.6 Å². The SMILES string of the molecule is O=C(CSc1n[nH]c(-c2ccc(Cl)cc2)n1)N(c1ccccc1)[C@@H]1CCS(=O)(=O)C1. The van der Waals surface area contributed by atoms with Crippen LogP contribution in [-0.4, -0.2) is 52.8 Å². The van der Waals surface area contributed by atoms with Crippen molar-refractivity contribution in [3.05, 3.63) is 59.6 Å². The van der Waals surface area contributed by atoms with Gasteiger partial charge in [-0.25, -0.2) is 13.4 Å². The van der Waals surface area contributed by atoms with Crippen molar-refractivity contribution in [2.75, 3.05) is 22.2 Å². The standard InChI is InChI=1S/C20H19ClN4O3S2/c21-15-8-6-14(7-9-15)19-22-20(24-23-19)29-12-18(26)25(16-4-2-1-3-5-16)17-10-11-30(27,28)13-17/h1-9,17H,10-13H2,(H,22,23,24)/t17-/m1/s1. The lowest BCUT2D eigenvalue weighted by molar-refractivity contribution is -0.116. The fraction of sp³-hybridized carbons (Fsp3) is 0.250. The number of hydrogen-bond donors (Lipinski definition) is 1. The average Bonchev–Trinajstić information content (AvgIpc) is 3.34. The molecule has 1 saturated heterocycles. The number of thioether (sulfide) groups is 1. The lowest BCUT2D eigenvalue weighted by atomic mass is 10.2. The van der Waals surface area contributed by atoms with Gasteiger partial charge in [-0.3, -0.25) is 9.89 Å². The number of benzene rings is 2. The van der Waals surface area contributed by atoms with E-state index in [1.165, 1.54) is 11.8 Å². The summed E-state index contributed by atoms with van der Waals surface area (Å²) in [5, 5.41) is 8.11. The van der Waals surface area contributed by atoms with E-state index in [2.05, 4.69) is 15.2 Å². The van der Waals surface area contributed by atoms with Crippen molar-refractivity contribution in [2.24, 2.45) is 0 Å². The predicted octanol–water partition coefficient (Wildman–Crippen LogP) is 3.44. The number of anilines is 1. The van der Waals surface area contributed by atoms with E-state index in [1.54, 1.807) is 17.0 Å². The van der Waals surface area contributed by atoms with Crippen LogP contribution in [0.15, 0.2) is 59.8 Å². The van der Waals surface area contributed by atoms with E-state index in [9.17, 15) is 13.2 Å². The van der Waals surface area contributed by atoms with Gasteiger partial charge in [0, 0.05) is 16.3 Å². The Hall–Kier alpha value is -2.36. The zero-order valence-corrected chi connectivity index (χ0v) is 18.3. The number of rotatable bonds is 6. The molecule has 0 spiro atoms. The smallest absolute Gasteiger partial charge is 0.237 e. The van der Waals surface area contributed by atoms with Gasteiger partial charge in [-0.2, -0.15) is 0 Å². The Morgan fingerprint density at radius 2 is 1.90 bits per heavy atom. The topological polar surface area (TPSA) is 96.0 Å². The molecule has 30 heavy (non-hydrogen) atoms. The quantitative estimate of drug-likeness (QED) is 0.564. The minimum atomic E-state index is -3.12. The first-order chi connectivity index (χ1) is 14.4. The molecule has 156 valence electrons. The molecule has 1 aromatic heterocycles. The molecule has 1 N–H and O–H groups in total. The Morgan fingerprint density at radius 1 is 1.17 bits per heavy atom. The first-order valence-corrected chi connectivity index (χ1v) is 12.5. The number of carbonyl (C=O) groups is 1. The molecule has 1 atom stereocenters. The number of H-pyrrole nitrogens is 1. The highest BCUT2D eigenvalue weighted by Crippen LogP contribution is 2.27. The summed E-state index contributed by atoms with van der Waals surface area (Å²) in [4.78, 5) is 19.1. The van der Waals surface area contributed by atoms with Gasteiger partial charge in [0.25, 0.3) is 0 Å². The first kappa shape index (κ1) is 20.9. The summed E-state index contributed by atoms with van der Waals surface area (Å²) in [6.07, 6.45) is 0.439. The molecule has 1 amide bonds. The third kappa shape index (κ3) is 4.85. The average molecular weight is 463 g/mol. The third-order valence-corrected chi connectivity index (χ3v) is 7.62. The summed E-state index contributed by atoms with van der Waals surface area (Å²) in [7, 11) is -3.12. The number of nitrogens with one attached hydrogen (secondary N) is 1. The van der Waals surface area contributed by atoms with Crippen molar-refractivity contribution in [3.8, 4) is 11.4 Å². The number of halogens is 1. The Labute approximate surface area is 183 Å². The van der Waals surface area contributed by atoms with Crippen molar-refractivity contribution < 1.29 is 13.2 Å². The van der Waals surface area contributed by atoms with Gasteiger partial charge in [0.1, 0.15) is 0 Å². The van der Waals surface area contributed by atoms with E-state index in [0.717, 1.165) is 5.56 Å². The van der Waals surface area contributed by atoms with E-state index < -0.39 is 9.84 Å². The Balaban J connectivity index is 1.47. The molecule has 0 unspecified atom stereocenters. The van der Waals surface area contributed by atoms with Crippen molar-refractivity contribution in [1.29, 1.82) is 0 Å². The van der Waals surface area contributed by atoms with Crippen LogP contribution < -0.4 is 4.90 Å². The highest BCUT2D eigenvalue weighted by atomic mass is 35.5. The summed E-state index contributed by atoms with van der Waals surface area (Å²) in [6.45, 7) is 0. The molecular weight excluding hydrogens is 444 g/mol. The second kappa shape index (κ2) is 8.79. The van der Waals surface area contributed by atoms with Crippen LogP contribution in [0, 0.1) is 0 Å².